The fraction of sp³-hybridized carbons (Fsp3) is 0.417. The first-order valence-corrected chi connectivity index (χ1v) is 7.45. The Balaban J connectivity index is 2.11. The predicted molar refractivity (Wildman–Crippen MR) is 81.3 cm³/mol. The van der Waals surface area contributed by atoms with E-state index in [1.165, 1.54) is 3.57 Å². The summed E-state index contributed by atoms with van der Waals surface area (Å²) in [4.78, 5) is 4.66. The van der Waals surface area contributed by atoms with Crippen LogP contribution in [0.5, 0.6) is 0 Å². The van der Waals surface area contributed by atoms with E-state index in [0.29, 0.717) is 12.0 Å². The third-order valence-corrected chi connectivity index (χ3v) is 4.86. The standard InChI is InChI=1S/C12H15IN2S/c1-8-7-16-12(14-9(8)2)15-11-6-4-3-5-10(11)13/h3-6,8-9H,7H2,1-2H3,(H,14,15). The number of halogens is 1. The number of aliphatic imine (C=N–C) groups is 1. The van der Waals surface area contributed by atoms with E-state index < -0.39 is 0 Å². The van der Waals surface area contributed by atoms with Gasteiger partial charge in [-0.2, -0.15) is 0 Å². The van der Waals surface area contributed by atoms with Crippen molar-refractivity contribution >= 4 is 45.2 Å². The van der Waals surface area contributed by atoms with Crippen LogP contribution in [-0.2, 0) is 0 Å². The molecule has 1 aliphatic rings. The van der Waals surface area contributed by atoms with Gasteiger partial charge in [0, 0.05) is 9.32 Å². The van der Waals surface area contributed by atoms with Crippen LogP contribution in [0.25, 0.3) is 0 Å². The first kappa shape index (κ1) is 12.2. The first-order chi connectivity index (χ1) is 7.66. The number of nitrogens with one attached hydrogen (secondary N) is 1. The van der Waals surface area contributed by atoms with Crippen LogP contribution in [0.3, 0.4) is 0 Å². The Bertz CT molecular complexity index is 406. The largest absolute Gasteiger partial charge is 0.334 e. The van der Waals surface area contributed by atoms with Crippen molar-refractivity contribution in [1.29, 1.82) is 0 Å². The van der Waals surface area contributed by atoms with Gasteiger partial charge in [-0.25, -0.2) is 0 Å². The third kappa shape index (κ3) is 2.91. The highest BCUT2D eigenvalue weighted by molar-refractivity contribution is 14.1. The Hall–Kier alpha value is -0.230. The summed E-state index contributed by atoms with van der Waals surface area (Å²) >= 11 is 4.15. The molecule has 0 amide bonds. The molecule has 2 rings (SSSR count). The maximum atomic E-state index is 4.66. The Morgan fingerprint density at radius 3 is 2.81 bits per heavy atom. The normalized spacial score (nSPS) is 25.1. The van der Waals surface area contributed by atoms with E-state index >= 15 is 0 Å². The van der Waals surface area contributed by atoms with Gasteiger partial charge in [-0.05, 0) is 47.6 Å². The fourth-order valence-corrected chi connectivity index (χ4v) is 3.09. The average Bonchev–Trinajstić information content (AvgIpc) is 2.27. The van der Waals surface area contributed by atoms with Crippen LogP contribution in [0.15, 0.2) is 29.3 Å². The van der Waals surface area contributed by atoms with E-state index in [9.17, 15) is 0 Å². The summed E-state index contributed by atoms with van der Waals surface area (Å²) in [5, 5.41) is 4.46. The SMILES string of the molecule is CC1CSC(Nc2ccccc2I)=NC1C. The van der Waals surface area contributed by atoms with Crippen molar-refractivity contribution in [2.45, 2.75) is 19.9 Å². The van der Waals surface area contributed by atoms with Gasteiger partial charge in [0.05, 0.1) is 11.7 Å². The maximum absolute atomic E-state index is 4.66. The molecule has 1 heterocycles. The minimum Gasteiger partial charge on any atom is -0.334 e. The number of thioether (sulfide) groups is 1. The zero-order valence-corrected chi connectivity index (χ0v) is 12.4. The monoisotopic (exact) mass is 346 g/mol. The Morgan fingerprint density at radius 2 is 2.12 bits per heavy atom. The Labute approximate surface area is 114 Å². The molecular weight excluding hydrogens is 331 g/mol. The molecule has 2 unspecified atom stereocenters. The van der Waals surface area contributed by atoms with Crippen molar-refractivity contribution in [3.05, 3.63) is 27.8 Å². The van der Waals surface area contributed by atoms with E-state index in [1.54, 1.807) is 0 Å². The highest BCUT2D eigenvalue weighted by Crippen LogP contribution is 2.25. The molecule has 0 saturated carbocycles. The molecule has 0 aromatic heterocycles. The lowest BCUT2D eigenvalue weighted by Gasteiger charge is -2.23. The van der Waals surface area contributed by atoms with Gasteiger partial charge >= 0.3 is 0 Å². The summed E-state index contributed by atoms with van der Waals surface area (Å²) in [5.74, 6) is 1.82. The number of amidine groups is 1. The second kappa shape index (κ2) is 5.40. The molecular formula is C12H15IN2S. The van der Waals surface area contributed by atoms with Crippen LogP contribution in [-0.4, -0.2) is 17.0 Å². The van der Waals surface area contributed by atoms with Gasteiger partial charge in [0.1, 0.15) is 0 Å². The molecule has 0 saturated heterocycles. The molecule has 4 heteroatoms. The molecule has 86 valence electrons. The zero-order valence-electron chi connectivity index (χ0n) is 9.40. The summed E-state index contributed by atoms with van der Waals surface area (Å²) in [6.45, 7) is 4.44. The summed E-state index contributed by atoms with van der Waals surface area (Å²) in [7, 11) is 0. The lowest BCUT2D eigenvalue weighted by atomic mass is 10.1. The Morgan fingerprint density at radius 1 is 1.38 bits per heavy atom. The lowest BCUT2D eigenvalue weighted by Crippen LogP contribution is -2.25. The van der Waals surface area contributed by atoms with Crippen molar-refractivity contribution in [3.8, 4) is 0 Å². The number of benzene rings is 1. The van der Waals surface area contributed by atoms with Crippen LogP contribution in [0.4, 0.5) is 5.69 Å². The zero-order chi connectivity index (χ0) is 11.5. The quantitative estimate of drug-likeness (QED) is 0.782. The minimum absolute atomic E-state index is 0.421. The number of nitrogens with zero attached hydrogens (tertiary/aromatic N) is 1. The highest BCUT2D eigenvalue weighted by atomic mass is 127. The molecule has 2 nitrogen and oxygen atoms in total. The molecule has 0 bridgehead atoms. The van der Waals surface area contributed by atoms with Crippen molar-refractivity contribution in [2.75, 3.05) is 11.1 Å². The average molecular weight is 346 g/mol. The molecule has 0 fully saturated rings. The van der Waals surface area contributed by atoms with Crippen LogP contribution in [0, 0.1) is 9.49 Å². The molecule has 0 aliphatic carbocycles. The number of hydrogen-bond acceptors (Lipinski definition) is 3. The molecule has 16 heavy (non-hydrogen) atoms. The van der Waals surface area contributed by atoms with E-state index in [2.05, 4.69) is 58.9 Å². The molecule has 1 aliphatic heterocycles. The molecule has 2 atom stereocenters. The topological polar surface area (TPSA) is 24.4 Å². The van der Waals surface area contributed by atoms with Crippen molar-refractivity contribution < 1.29 is 0 Å². The van der Waals surface area contributed by atoms with E-state index in [0.717, 1.165) is 16.6 Å². The predicted octanol–water partition coefficient (Wildman–Crippen LogP) is 3.83. The maximum Gasteiger partial charge on any atom is 0.161 e. The molecule has 0 radical (unpaired) electrons. The van der Waals surface area contributed by atoms with Gasteiger partial charge in [0.2, 0.25) is 0 Å². The van der Waals surface area contributed by atoms with E-state index in [-0.39, 0.29) is 0 Å². The first-order valence-electron chi connectivity index (χ1n) is 5.39. The summed E-state index contributed by atoms with van der Waals surface area (Å²) in [5.41, 5.74) is 1.15. The number of rotatable bonds is 1. The van der Waals surface area contributed by atoms with Crippen LogP contribution >= 0.6 is 34.4 Å². The third-order valence-electron chi connectivity index (χ3n) is 2.74. The van der Waals surface area contributed by atoms with Gasteiger partial charge in [0.15, 0.2) is 5.17 Å². The van der Waals surface area contributed by atoms with Gasteiger partial charge in [-0.15, -0.1) is 0 Å². The van der Waals surface area contributed by atoms with Crippen LogP contribution in [0.2, 0.25) is 0 Å². The van der Waals surface area contributed by atoms with E-state index in [4.69, 9.17) is 0 Å². The second-order valence-corrected chi connectivity index (χ2v) is 6.24. The van der Waals surface area contributed by atoms with Gasteiger partial charge in [-0.1, -0.05) is 30.8 Å². The summed E-state index contributed by atoms with van der Waals surface area (Å²) < 4.78 is 1.23. The smallest absolute Gasteiger partial charge is 0.161 e. The second-order valence-electron chi connectivity index (χ2n) is 4.07. The number of para-hydroxylation sites is 1. The minimum atomic E-state index is 0.421. The van der Waals surface area contributed by atoms with Crippen molar-refractivity contribution in [2.24, 2.45) is 10.9 Å². The molecule has 1 N–H and O–H groups in total. The molecule has 1 aromatic carbocycles. The van der Waals surface area contributed by atoms with Gasteiger partial charge in [-0.3, -0.25) is 4.99 Å². The number of anilines is 1. The number of hydrogen-bond donors (Lipinski definition) is 1. The summed E-state index contributed by atoms with van der Waals surface area (Å²) in [6.07, 6.45) is 0. The lowest BCUT2D eigenvalue weighted by molar-refractivity contribution is 0.537. The molecule has 1 aromatic rings. The van der Waals surface area contributed by atoms with Gasteiger partial charge in [0.25, 0.3) is 0 Å². The summed E-state index contributed by atoms with van der Waals surface area (Å²) in [6, 6.07) is 8.71. The molecule has 0 spiro atoms. The van der Waals surface area contributed by atoms with Crippen LogP contribution < -0.4 is 5.32 Å². The van der Waals surface area contributed by atoms with Crippen molar-refractivity contribution in [1.82, 2.24) is 0 Å². The van der Waals surface area contributed by atoms with E-state index in [1.807, 2.05) is 23.9 Å². The Kier molecular flexibility index (Phi) is 4.13. The van der Waals surface area contributed by atoms with Crippen LogP contribution in [0.1, 0.15) is 13.8 Å². The van der Waals surface area contributed by atoms with Gasteiger partial charge < -0.3 is 5.32 Å². The van der Waals surface area contributed by atoms with Crippen molar-refractivity contribution in [3.63, 3.8) is 0 Å². The fourth-order valence-electron chi connectivity index (χ4n) is 1.45. The highest BCUT2D eigenvalue weighted by Gasteiger charge is 2.19.